The van der Waals surface area contributed by atoms with Gasteiger partial charge in [0, 0.05) is 10.9 Å². The number of fused-ring (bicyclic) bond motifs is 1. The number of furan rings is 1. The normalized spacial score (nSPS) is 11.0. The summed E-state index contributed by atoms with van der Waals surface area (Å²) in [6.45, 7) is -1.00. The molecule has 0 radical (unpaired) electrons. The van der Waals surface area contributed by atoms with Gasteiger partial charge in [0.05, 0.1) is 18.4 Å². The van der Waals surface area contributed by atoms with Gasteiger partial charge in [0.25, 0.3) is 0 Å². The van der Waals surface area contributed by atoms with Crippen molar-refractivity contribution in [3.8, 4) is 5.75 Å². The average molecular weight is 331 g/mol. The lowest BCUT2D eigenvalue weighted by Crippen LogP contribution is -2.15. The summed E-state index contributed by atoms with van der Waals surface area (Å²) in [6, 6.07) is 11.8. The van der Waals surface area contributed by atoms with Crippen LogP contribution in [0.15, 0.2) is 53.1 Å². The summed E-state index contributed by atoms with van der Waals surface area (Å²) in [5.74, 6) is -0.419. The Morgan fingerprint density at radius 2 is 2.04 bits per heavy atom. The van der Waals surface area contributed by atoms with Crippen LogP contribution in [0.1, 0.15) is 11.1 Å². The first-order valence-corrected chi connectivity index (χ1v) is 7.33. The second kappa shape index (κ2) is 6.70. The van der Waals surface area contributed by atoms with Crippen molar-refractivity contribution in [2.45, 2.75) is 20.0 Å². The van der Waals surface area contributed by atoms with Gasteiger partial charge in [-0.05, 0) is 30.7 Å². The zero-order chi connectivity index (χ0) is 17.1. The molecular weight excluding hydrogens is 316 g/mol. The molecule has 0 aliphatic carbocycles. The fourth-order valence-electron chi connectivity index (χ4n) is 2.46. The molecule has 3 rings (SSSR count). The van der Waals surface area contributed by atoms with E-state index < -0.39 is 6.61 Å². The van der Waals surface area contributed by atoms with Crippen LogP contribution in [-0.4, -0.2) is 12.5 Å². The van der Waals surface area contributed by atoms with Crippen molar-refractivity contribution in [2.75, 3.05) is 5.32 Å². The van der Waals surface area contributed by atoms with Crippen LogP contribution < -0.4 is 10.1 Å². The number of hydrogen-bond donors (Lipinski definition) is 1. The van der Waals surface area contributed by atoms with E-state index >= 15 is 0 Å². The maximum Gasteiger partial charge on any atom is 0.387 e. The van der Waals surface area contributed by atoms with E-state index in [1.807, 2.05) is 25.1 Å². The molecule has 0 atom stereocenters. The van der Waals surface area contributed by atoms with Gasteiger partial charge in [-0.2, -0.15) is 8.78 Å². The number of aryl methyl sites for hydroxylation is 1. The highest BCUT2D eigenvalue weighted by molar-refractivity contribution is 5.96. The zero-order valence-electron chi connectivity index (χ0n) is 12.9. The molecular formula is C18H15F2NO3. The first-order valence-electron chi connectivity index (χ1n) is 7.33. The number of benzene rings is 2. The Bertz CT molecular complexity index is 874. The average Bonchev–Trinajstić information content (AvgIpc) is 2.90. The molecule has 0 saturated heterocycles. The van der Waals surface area contributed by atoms with Gasteiger partial charge in [-0.15, -0.1) is 0 Å². The highest BCUT2D eigenvalue weighted by Crippen LogP contribution is 2.27. The number of halogens is 2. The fraction of sp³-hybridized carbons (Fsp3) is 0.167. The summed E-state index contributed by atoms with van der Waals surface area (Å²) in [5, 5.41) is 3.45. The smallest absolute Gasteiger partial charge is 0.387 e. The summed E-state index contributed by atoms with van der Waals surface area (Å²) in [5.41, 5.74) is 2.70. The minimum absolute atomic E-state index is 0.0685. The number of rotatable bonds is 5. The van der Waals surface area contributed by atoms with Crippen molar-refractivity contribution >= 4 is 22.6 Å². The molecule has 1 amide bonds. The van der Waals surface area contributed by atoms with E-state index in [9.17, 15) is 13.6 Å². The van der Waals surface area contributed by atoms with Gasteiger partial charge in [0.1, 0.15) is 11.3 Å². The predicted molar refractivity (Wildman–Crippen MR) is 86.4 cm³/mol. The molecule has 0 unspecified atom stereocenters. The first kappa shape index (κ1) is 16.0. The number of amides is 1. The van der Waals surface area contributed by atoms with Crippen LogP contribution in [0.3, 0.4) is 0 Å². The number of nitrogens with one attached hydrogen (secondary N) is 1. The molecule has 1 heterocycles. The van der Waals surface area contributed by atoms with Crippen LogP contribution >= 0.6 is 0 Å². The van der Waals surface area contributed by atoms with Crippen LogP contribution in [0.5, 0.6) is 5.75 Å². The summed E-state index contributed by atoms with van der Waals surface area (Å²) in [6.07, 6.45) is 1.60. The number of ether oxygens (including phenoxy) is 1. The highest BCUT2D eigenvalue weighted by atomic mass is 19.3. The van der Waals surface area contributed by atoms with Crippen LogP contribution in [0.4, 0.5) is 14.5 Å². The number of anilines is 1. The van der Waals surface area contributed by atoms with E-state index in [-0.39, 0.29) is 23.8 Å². The molecule has 1 aromatic heterocycles. The van der Waals surface area contributed by atoms with Crippen LogP contribution in [0, 0.1) is 6.92 Å². The van der Waals surface area contributed by atoms with Crippen molar-refractivity contribution in [1.29, 1.82) is 0 Å². The Balaban J connectivity index is 1.76. The van der Waals surface area contributed by atoms with Crippen molar-refractivity contribution in [2.24, 2.45) is 0 Å². The molecule has 24 heavy (non-hydrogen) atoms. The Morgan fingerprint density at radius 3 is 2.83 bits per heavy atom. The largest absolute Gasteiger partial charge is 0.464 e. The monoisotopic (exact) mass is 331 g/mol. The number of hydrogen-bond acceptors (Lipinski definition) is 3. The van der Waals surface area contributed by atoms with E-state index in [0.717, 1.165) is 16.5 Å². The zero-order valence-corrected chi connectivity index (χ0v) is 12.9. The molecule has 124 valence electrons. The maximum absolute atomic E-state index is 12.4. The van der Waals surface area contributed by atoms with Crippen molar-refractivity contribution < 1.29 is 22.7 Å². The highest BCUT2D eigenvalue weighted by Gasteiger charge is 2.14. The molecule has 0 aliphatic heterocycles. The number of carbonyl (C=O) groups excluding carboxylic acids is 1. The van der Waals surface area contributed by atoms with Crippen molar-refractivity contribution in [1.82, 2.24) is 0 Å². The SMILES string of the molecule is Cc1ccc2c(CC(=O)Nc3ccccc3OC(F)F)coc2c1. The van der Waals surface area contributed by atoms with Gasteiger partial charge in [-0.3, -0.25) is 4.79 Å². The predicted octanol–water partition coefficient (Wildman–Crippen LogP) is 4.52. The first-order chi connectivity index (χ1) is 11.5. The van der Waals surface area contributed by atoms with Gasteiger partial charge >= 0.3 is 6.61 Å². The summed E-state index contributed by atoms with van der Waals surface area (Å²) in [7, 11) is 0. The Labute approximate surface area is 137 Å². The van der Waals surface area contributed by atoms with Crippen molar-refractivity contribution in [3.63, 3.8) is 0 Å². The second-order valence-corrected chi connectivity index (χ2v) is 5.36. The molecule has 0 fully saturated rings. The number of carbonyl (C=O) groups is 1. The maximum atomic E-state index is 12.4. The van der Waals surface area contributed by atoms with Gasteiger partial charge in [0.15, 0.2) is 0 Å². The van der Waals surface area contributed by atoms with Gasteiger partial charge in [-0.1, -0.05) is 24.3 Å². The molecule has 0 aliphatic rings. The molecule has 0 saturated carbocycles. The Hall–Kier alpha value is -2.89. The minimum Gasteiger partial charge on any atom is -0.464 e. The van der Waals surface area contributed by atoms with Crippen LogP contribution in [0.25, 0.3) is 11.0 Å². The lowest BCUT2D eigenvalue weighted by Gasteiger charge is -2.11. The third-order valence-electron chi connectivity index (χ3n) is 3.54. The van der Waals surface area contributed by atoms with Gasteiger partial charge in [-0.25, -0.2) is 0 Å². The van der Waals surface area contributed by atoms with E-state index in [0.29, 0.717) is 5.58 Å². The molecule has 0 bridgehead atoms. The van der Waals surface area contributed by atoms with Crippen LogP contribution in [-0.2, 0) is 11.2 Å². The minimum atomic E-state index is -2.95. The third kappa shape index (κ3) is 3.53. The third-order valence-corrected chi connectivity index (χ3v) is 3.54. The Kier molecular flexibility index (Phi) is 4.46. The quantitative estimate of drug-likeness (QED) is 0.747. The lowest BCUT2D eigenvalue weighted by atomic mass is 10.1. The standard InChI is InChI=1S/C18H15F2NO3/c1-11-6-7-13-12(10-23-16(13)8-11)9-17(22)21-14-4-2-3-5-15(14)24-18(19)20/h2-8,10,18H,9H2,1H3,(H,21,22). The van der Waals surface area contributed by atoms with E-state index in [4.69, 9.17) is 4.42 Å². The van der Waals surface area contributed by atoms with E-state index in [1.54, 1.807) is 12.1 Å². The van der Waals surface area contributed by atoms with Crippen LogP contribution in [0.2, 0.25) is 0 Å². The molecule has 0 spiro atoms. The molecule has 6 heteroatoms. The van der Waals surface area contributed by atoms with Crippen molar-refractivity contribution in [3.05, 3.63) is 59.9 Å². The second-order valence-electron chi connectivity index (χ2n) is 5.36. The number of alkyl halides is 2. The van der Waals surface area contributed by atoms with E-state index in [1.165, 1.54) is 18.4 Å². The topological polar surface area (TPSA) is 51.5 Å². The molecule has 1 N–H and O–H groups in total. The molecule has 4 nitrogen and oxygen atoms in total. The lowest BCUT2D eigenvalue weighted by molar-refractivity contribution is -0.115. The number of para-hydroxylation sites is 2. The van der Waals surface area contributed by atoms with E-state index in [2.05, 4.69) is 10.1 Å². The van der Waals surface area contributed by atoms with Gasteiger partial charge < -0.3 is 14.5 Å². The molecule has 2 aromatic carbocycles. The molecule has 3 aromatic rings. The Morgan fingerprint density at radius 1 is 1.25 bits per heavy atom. The fourth-order valence-corrected chi connectivity index (χ4v) is 2.46. The summed E-state index contributed by atoms with van der Waals surface area (Å²) in [4.78, 5) is 12.2. The van der Waals surface area contributed by atoms with Gasteiger partial charge in [0.2, 0.25) is 5.91 Å². The summed E-state index contributed by atoms with van der Waals surface area (Å²) >= 11 is 0. The summed E-state index contributed by atoms with van der Waals surface area (Å²) < 4.78 is 34.7.